The summed E-state index contributed by atoms with van der Waals surface area (Å²) < 4.78 is 0. The van der Waals surface area contributed by atoms with Gasteiger partial charge in [0.1, 0.15) is 0 Å². The van der Waals surface area contributed by atoms with E-state index in [0.29, 0.717) is 12.2 Å². The predicted molar refractivity (Wildman–Crippen MR) is 66.6 cm³/mol. The summed E-state index contributed by atoms with van der Waals surface area (Å²) >= 11 is 0. The van der Waals surface area contributed by atoms with Crippen molar-refractivity contribution in [3.05, 3.63) is 33.9 Å². The van der Waals surface area contributed by atoms with E-state index >= 15 is 0 Å². The van der Waals surface area contributed by atoms with Gasteiger partial charge in [-0.15, -0.1) is 0 Å². The highest BCUT2D eigenvalue weighted by Crippen LogP contribution is 2.23. The molecule has 0 fully saturated rings. The molecule has 0 heterocycles. The molecule has 5 heteroatoms. The van der Waals surface area contributed by atoms with Gasteiger partial charge < -0.3 is 4.90 Å². The molecule has 0 bridgehead atoms. The van der Waals surface area contributed by atoms with Crippen LogP contribution in [0.2, 0.25) is 0 Å². The summed E-state index contributed by atoms with van der Waals surface area (Å²) in [5.74, 6) is 0.481. The van der Waals surface area contributed by atoms with Crippen molar-refractivity contribution in [1.82, 2.24) is 0 Å². The molecule has 0 aliphatic rings. The lowest BCUT2D eigenvalue weighted by atomic mass is 10.1. The molecule has 1 rings (SSSR count). The number of anilines is 1. The number of carbonyl (C=O) groups is 1. The number of benzene rings is 1. The van der Waals surface area contributed by atoms with Gasteiger partial charge in [0.05, 0.1) is 10.5 Å². The maximum atomic E-state index is 10.8. The Labute approximate surface area is 100 Å². The predicted octanol–water partition coefficient (Wildman–Crippen LogP) is 2.50. The Bertz CT molecular complexity index is 430. The fourth-order valence-corrected chi connectivity index (χ4v) is 1.69. The van der Waals surface area contributed by atoms with E-state index in [4.69, 9.17) is 0 Å². The summed E-state index contributed by atoms with van der Waals surface area (Å²) in [6.07, 6.45) is 0.519. The van der Waals surface area contributed by atoms with Gasteiger partial charge in [-0.2, -0.15) is 0 Å². The summed E-state index contributed by atoms with van der Waals surface area (Å²) in [6, 6.07) is 4.58. The summed E-state index contributed by atoms with van der Waals surface area (Å²) in [7, 11) is 1.90. The van der Waals surface area contributed by atoms with Crippen LogP contribution < -0.4 is 4.90 Å². The lowest BCUT2D eigenvalue weighted by Crippen LogP contribution is -2.22. The molecule has 17 heavy (non-hydrogen) atoms. The third-order valence-electron chi connectivity index (χ3n) is 2.41. The topological polar surface area (TPSA) is 63.4 Å². The maximum absolute atomic E-state index is 10.8. The average molecular weight is 236 g/mol. The molecule has 1 aromatic rings. The zero-order valence-electron chi connectivity index (χ0n) is 10.2. The molecule has 0 atom stereocenters. The molecule has 1 aromatic carbocycles. The number of aldehydes is 1. The lowest BCUT2D eigenvalue weighted by molar-refractivity contribution is -0.385. The largest absolute Gasteiger partial charge is 0.374 e. The van der Waals surface area contributed by atoms with Gasteiger partial charge in [-0.3, -0.25) is 14.9 Å². The minimum absolute atomic E-state index is 0.114. The van der Waals surface area contributed by atoms with Crippen molar-refractivity contribution in [2.24, 2.45) is 5.92 Å². The molecule has 0 saturated heterocycles. The van der Waals surface area contributed by atoms with Crippen LogP contribution in [0, 0.1) is 16.0 Å². The van der Waals surface area contributed by atoms with E-state index in [0.717, 1.165) is 12.2 Å². The minimum atomic E-state index is -0.546. The number of hydrogen-bond acceptors (Lipinski definition) is 4. The fourth-order valence-electron chi connectivity index (χ4n) is 1.69. The van der Waals surface area contributed by atoms with Crippen molar-refractivity contribution < 1.29 is 9.72 Å². The van der Waals surface area contributed by atoms with E-state index in [-0.39, 0.29) is 11.3 Å². The van der Waals surface area contributed by atoms with E-state index < -0.39 is 4.92 Å². The van der Waals surface area contributed by atoms with Gasteiger partial charge >= 0.3 is 0 Å². The van der Waals surface area contributed by atoms with Gasteiger partial charge in [0, 0.05) is 25.3 Å². The van der Waals surface area contributed by atoms with Crippen LogP contribution in [-0.2, 0) is 0 Å². The third kappa shape index (κ3) is 3.27. The van der Waals surface area contributed by atoms with Crippen LogP contribution in [-0.4, -0.2) is 24.8 Å². The molecule has 0 aromatic heterocycles. The average Bonchev–Trinajstić information content (AvgIpc) is 2.27. The highest BCUT2D eigenvalue weighted by Gasteiger charge is 2.14. The number of rotatable bonds is 5. The number of nitro benzene ring substituents is 1. The normalized spacial score (nSPS) is 10.4. The highest BCUT2D eigenvalue weighted by atomic mass is 16.6. The lowest BCUT2D eigenvalue weighted by Gasteiger charge is -2.21. The van der Waals surface area contributed by atoms with E-state index in [1.807, 2.05) is 11.9 Å². The molecular weight excluding hydrogens is 220 g/mol. The van der Waals surface area contributed by atoms with Crippen LogP contribution >= 0.6 is 0 Å². The van der Waals surface area contributed by atoms with Crippen LogP contribution in [0.1, 0.15) is 24.2 Å². The first-order valence-electron chi connectivity index (χ1n) is 5.40. The molecule has 0 radical (unpaired) electrons. The highest BCUT2D eigenvalue weighted by molar-refractivity contribution is 5.83. The second kappa shape index (κ2) is 5.43. The SMILES string of the molecule is CC(C)CN(C)c1ccc([N+](=O)[O-])c(C=O)c1. The summed E-state index contributed by atoms with van der Waals surface area (Å²) in [6.45, 7) is 5.00. The molecule has 0 amide bonds. The summed E-state index contributed by atoms with van der Waals surface area (Å²) in [4.78, 5) is 22.9. The van der Waals surface area contributed by atoms with Crippen molar-refractivity contribution >= 4 is 17.7 Å². The molecule has 0 unspecified atom stereocenters. The summed E-state index contributed by atoms with van der Waals surface area (Å²) in [5, 5.41) is 10.7. The Hall–Kier alpha value is -1.91. The number of hydrogen-bond donors (Lipinski definition) is 0. The molecule has 0 aliphatic carbocycles. The van der Waals surface area contributed by atoms with Gasteiger partial charge in [0.25, 0.3) is 5.69 Å². The van der Waals surface area contributed by atoms with Gasteiger partial charge in [-0.1, -0.05) is 13.8 Å². The van der Waals surface area contributed by atoms with E-state index in [1.54, 1.807) is 12.1 Å². The van der Waals surface area contributed by atoms with Crippen LogP contribution in [0.25, 0.3) is 0 Å². The van der Waals surface area contributed by atoms with Gasteiger partial charge in [-0.25, -0.2) is 0 Å². The standard InChI is InChI=1S/C12H16N2O3/c1-9(2)7-13(3)11-4-5-12(14(16)17)10(6-11)8-15/h4-6,8-9H,7H2,1-3H3. The van der Waals surface area contributed by atoms with Crippen LogP contribution in [0.4, 0.5) is 11.4 Å². The van der Waals surface area contributed by atoms with Crippen LogP contribution in [0.3, 0.4) is 0 Å². The fraction of sp³-hybridized carbons (Fsp3) is 0.417. The zero-order chi connectivity index (χ0) is 13.0. The molecule has 5 nitrogen and oxygen atoms in total. The minimum Gasteiger partial charge on any atom is -0.374 e. The van der Waals surface area contributed by atoms with E-state index in [2.05, 4.69) is 13.8 Å². The number of carbonyl (C=O) groups excluding carboxylic acids is 1. The van der Waals surface area contributed by atoms with Crippen LogP contribution in [0.15, 0.2) is 18.2 Å². The molecule has 0 N–H and O–H groups in total. The van der Waals surface area contributed by atoms with Gasteiger partial charge in [-0.05, 0) is 18.1 Å². The molecule has 92 valence electrons. The Morgan fingerprint density at radius 3 is 2.59 bits per heavy atom. The van der Waals surface area contributed by atoms with Gasteiger partial charge in [0.2, 0.25) is 0 Å². The Kier molecular flexibility index (Phi) is 4.20. The number of nitro groups is 1. The van der Waals surface area contributed by atoms with E-state index in [1.165, 1.54) is 6.07 Å². The quantitative estimate of drug-likeness (QED) is 0.447. The van der Waals surface area contributed by atoms with Crippen molar-refractivity contribution in [2.75, 3.05) is 18.5 Å². The first-order valence-corrected chi connectivity index (χ1v) is 5.40. The Balaban J connectivity index is 3.05. The van der Waals surface area contributed by atoms with Crippen molar-refractivity contribution in [3.63, 3.8) is 0 Å². The second-order valence-corrected chi connectivity index (χ2v) is 4.39. The van der Waals surface area contributed by atoms with Crippen molar-refractivity contribution in [1.29, 1.82) is 0 Å². The third-order valence-corrected chi connectivity index (χ3v) is 2.41. The van der Waals surface area contributed by atoms with Crippen molar-refractivity contribution in [2.45, 2.75) is 13.8 Å². The second-order valence-electron chi connectivity index (χ2n) is 4.39. The van der Waals surface area contributed by atoms with Crippen LogP contribution in [0.5, 0.6) is 0 Å². The number of nitrogens with zero attached hydrogens (tertiary/aromatic N) is 2. The first kappa shape index (κ1) is 13.2. The molecule has 0 saturated carbocycles. The zero-order valence-corrected chi connectivity index (χ0v) is 10.2. The Morgan fingerprint density at radius 1 is 1.47 bits per heavy atom. The Morgan fingerprint density at radius 2 is 2.12 bits per heavy atom. The monoisotopic (exact) mass is 236 g/mol. The maximum Gasteiger partial charge on any atom is 0.280 e. The van der Waals surface area contributed by atoms with Gasteiger partial charge in [0.15, 0.2) is 6.29 Å². The summed E-state index contributed by atoms with van der Waals surface area (Å²) in [5.41, 5.74) is 0.774. The molecule has 0 spiro atoms. The first-order chi connectivity index (χ1) is 7.95. The van der Waals surface area contributed by atoms with E-state index in [9.17, 15) is 14.9 Å². The molecular formula is C12H16N2O3. The van der Waals surface area contributed by atoms with Crippen molar-refractivity contribution in [3.8, 4) is 0 Å². The smallest absolute Gasteiger partial charge is 0.280 e. The molecule has 0 aliphatic heterocycles.